The van der Waals surface area contributed by atoms with E-state index in [1.807, 2.05) is 0 Å². The van der Waals surface area contributed by atoms with E-state index in [0.29, 0.717) is 34.4 Å². The van der Waals surface area contributed by atoms with E-state index in [9.17, 15) is 19.5 Å². The Labute approximate surface area is 216 Å². The van der Waals surface area contributed by atoms with Crippen LogP contribution in [0.15, 0.2) is 26.4 Å². The number of imidazole rings is 1. The Morgan fingerprint density at radius 3 is 2.74 bits per heavy atom. The molecule has 1 aliphatic carbocycles. The van der Waals surface area contributed by atoms with Crippen LogP contribution in [0.4, 0.5) is 5.95 Å². The van der Waals surface area contributed by atoms with Crippen LogP contribution >= 0.6 is 0 Å². The van der Waals surface area contributed by atoms with Crippen LogP contribution in [0.3, 0.4) is 0 Å². The number of methoxy groups -OCH3 is 1. The summed E-state index contributed by atoms with van der Waals surface area (Å²) in [4.78, 5) is 57.1. The van der Waals surface area contributed by atoms with E-state index in [0.717, 1.165) is 6.92 Å². The molecule has 0 amide bonds. The van der Waals surface area contributed by atoms with Crippen molar-refractivity contribution in [1.29, 1.82) is 0 Å². The number of fused-ring (bicyclic) bond motifs is 8. The zero-order valence-corrected chi connectivity index (χ0v) is 20.5. The monoisotopic (exact) mass is 539 g/mol. The van der Waals surface area contributed by atoms with Crippen LogP contribution in [0.5, 0.6) is 11.5 Å². The van der Waals surface area contributed by atoms with Crippen LogP contribution in [0.25, 0.3) is 22.1 Å². The third kappa shape index (κ3) is 3.58. The second-order valence-corrected chi connectivity index (χ2v) is 9.18. The van der Waals surface area contributed by atoms with E-state index < -0.39 is 41.7 Å². The highest BCUT2D eigenvalue weighted by Gasteiger charge is 2.54. The van der Waals surface area contributed by atoms with Gasteiger partial charge in [0.05, 0.1) is 24.0 Å². The van der Waals surface area contributed by atoms with Crippen LogP contribution in [-0.2, 0) is 16.0 Å². The number of anilines is 1. The van der Waals surface area contributed by atoms with E-state index in [-0.39, 0.29) is 40.5 Å². The average molecular weight is 539 g/mol. The zero-order valence-electron chi connectivity index (χ0n) is 20.5. The highest BCUT2D eigenvalue weighted by Crippen LogP contribution is 2.54. The number of carboxylic acids is 1. The van der Waals surface area contributed by atoms with Gasteiger partial charge in [-0.3, -0.25) is 23.9 Å². The van der Waals surface area contributed by atoms with Crippen LogP contribution < -0.4 is 26.4 Å². The number of aryl methyl sites for hydroxylation is 1. The SMILES string of the molecule is CC(=O)O.COc1cc2c(c3oc(=O)c4c(c13)CCC4=O)[C@H]1[C@@H](O2)O[C@@H](n2cnc3nc(N)[nH]c(=O)c32)[C@@H]1O. The molecule has 15 heteroatoms. The molecule has 3 aromatic heterocycles. The van der Waals surface area contributed by atoms with Crippen molar-refractivity contribution in [2.24, 2.45) is 0 Å². The quantitative estimate of drug-likeness (QED) is 0.254. The molecule has 0 spiro atoms. The molecule has 0 saturated carbocycles. The van der Waals surface area contributed by atoms with Crippen molar-refractivity contribution < 1.29 is 38.4 Å². The lowest BCUT2D eigenvalue weighted by Gasteiger charge is -2.20. The summed E-state index contributed by atoms with van der Waals surface area (Å²) in [6, 6.07) is 1.63. The van der Waals surface area contributed by atoms with Crippen LogP contribution in [0, 0.1) is 0 Å². The standard InChI is InChI=1S/C22H17N5O8.C2H4O2/c1-32-8-4-9-12(16-11(8)6-2-3-7(28)10(6)20(31)34-16)13-15(29)19(35-21(13)33-9)27-5-24-17-14(27)18(30)26-22(23)25-17;1-2(3)4/h4-5,13,15,19,21,29H,2-3H2,1H3,(H3,23,25,26,30);1H3,(H,3,4)/t13-,15-,19-,21+;/m1./s1. The van der Waals surface area contributed by atoms with Gasteiger partial charge in [0.15, 0.2) is 23.2 Å². The molecule has 3 aliphatic rings. The summed E-state index contributed by atoms with van der Waals surface area (Å²) >= 11 is 0. The number of aliphatic hydroxyl groups is 1. The summed E-state index contributed by atoms with van der Waals surface area (Å²) in [7, 11) is 1.47. The molecular weight excluding hydrogens is 518 g/mol. The van der Waals surface area contributed by atoms with Crippen molar-refractivity contribution in [2.75, 3.05) is 12.8 Å². The maximum atomic E-state index is 12.7. The number of ketones is 1. The summed E-state index contributed by atoms with van der Waals surface area (Å²) in [6.07, 6.45) is -1.30. The molecule has 15 nitrogen and oxygen atoms in total. The Morgan fingerprint density at radius 1 is 1.28 bits per heavy atom. The molecule has 5 heterocycles. The van der Waals surface area contributed by atoms with Crippen LogP contribution in [-0.4, -0.2) is 61.0 Å². The van der Waals surface area contributed by atoms with Gasteiger partial charge >= 0.3 is 5.63 Å². The number of aliphatic carboxylic acids is 1. The number of carboxylic acid groups (broad SMARTS) is 1. The number of carbonyl (C=O) groups excluding carboxylic acids is 1. The number of rotatable bonds is 2. The smallest absolute Gasteiger partial charge is 0.347 e. The molecule has 0 radical (unpaired) electrons. The number of nitrogen functional groups attached to an aromatic ring is 1. The van der Waals surface area contributed by atoms with Gasteiger partial charge in [0.25, 0.3) is 11.5 Å². The first-order valence-electron chi connectivity index (χ1n) is 11.8. The van der Waals surface area contributed by atoms with Gasteiger partial charge < -0.3 is 34.6 Å². The van der Waals surface area contributed by atoms with Gasteiger partial charge in [-0.2, -0.15) is 4.98 Å². The highest BCUT2D eigenvalue weighted by molar-refractivity contribution is 6.06. The van der Waals surface area contributed by atoms with E-state index in [2.05, 4.69) is 15.0 Å². The third-order valence-electron chi connectivity index (χ3n) is 6.88. The molecule has 0 bridgehead atoms. The first-order chi connectivity index (χ1) is 18.6. The number of nitrogens with zero attached hydrogens (tertiary/aromatic N) is 3. The molecule has 7 rings (SSSR count). The number of carbonyl (C=O) groups is 2. The van der Waals surface area contributed by atoms with Crippen molar-refractivity contribution in [1.82, 2.24) is 19.5 Å². The van der Waals surface area contributed by atoms with Crippen molar-refractivity contribution >= 4 is 39.8 Å². The summed E-state index contributed by atoms with van der Waals surface area (Å²) in [5, 5.41) is 19.3. The van der Waals surface area contributed by atoms with Gasteiger partial charge in [-0.25, -0.2) is 9.78 Å². The maximum absolute atomic E-state index is 12.7. The normalized spacial score (nSPS) is 22.7. The minimum Gasteiger partial charge on any atom is -0.496 e. The molecule has 0 unspecified atom stereocenters. The van der Waals surface area contributed by atoms with Crippen molar-refractivity contribution in [3.8, 4) is 11.5 Å². The summed E-state index contributed by atoms with van der Waals surface area (Å²) in [6.45, 7) is 1.08. The Balaban J connectivity index is 0.000000650. The van der Waals surface area contributed by atoms with Gasteiger partial charge in [-0.05, 0) is 12.0 Å². The highest BCUT2D eigenvalue weighted by atomic mass is 16.7. The fourth-order valence-corrected chi connectivity index (χ4v) is 5.45. The topological polar surface area (TPSA) is 222 Å². The Bertz CT molecular complexity index is 1820. The number of hydrogen-bond donors (Lipinski definition) is 4. The second kappa shape index (κ2) is 8.64. The molecule has 1 fully saturated rings. The second-order valence-electron chi connectivity index (χ2n) is 9.18. The summed E-state index contributed by atoms with van der Waals surface area (Å²) < 4.78 is 24.5. The molecule has 1 saturated heterocycles. The predicted molar refractivity (Wildman–Crippen MR) is 131 cm³/mol. The fourth-order valence-electron chi connectivity index (χ4n) is 5.45. The lowest BCUT2D eigenvalue weighted by Crippen LogP contribution is -2.25. The number of H-pyrrole nitrogens is 1. The lowest BCUT2D eigenvalue weighted by molar-refractivity contribution is -0.134. The summed E-state index contributed by atoms with van der Waals surface area (Å²) in [5.41, 5.74) is 5.69. The molecule has 202 valence electrons. The minimum atomic E-state index is -1.22. The van der Waals surface area contributed by atoms with Crippen molar-refractivity contribution in [3.63, 3.8) is 0 Å². The first-order valence-corrected chi connectivity index (χ1v) is 11.8. The number of Topliss-reactive ketones (excluding diaryl/α,β-unsaturated/α-hetero) is 1. The average Bonchev–Trinajstić information content (AvgIpc) is 3.61. The van der Waals surface area contributed by atoms with E-state index in [1.165, 1.54) is 18.0 Å². The number of nitrogens with one attached hydrogen (secondary N) is 1. The van der Waals surface area contributed by atoms with Crippen molar-refractivity contribution in [3.05, 3.63) is 49.9 Å². The van der Waals surface area contributed by atoms with Gasteiger partial charge in [0.1, 0.15) is 35.1 Å². The Hall–Kier alpha value is -4.76. The maximum Gasteiger partial charge on any atom is 0.347 e. The Morgan fingerprint density at radius 2 is 2.03 bits per heavy atom. The largest absolute Gasteiger partial charge is 0.496 e. The van der Waals surface area contributed by atoms with Gasteiger partial charge in [-0.1, -0.05) is 0 Å². The molecular formula is C24H21N5O10. The van der Waals surface area contributed by atoms with Crippen molar-refractivity contribution in [2.45, 2.75) is 44.3 Å². The number of aromatic nitrogens is 4. The lowest BCUT2D eigenvalue weighted by atomic mass is 9.91. The molecule has 39 heavy (non-hydrogen) atoms. The molecule has 4 aromatic rings. The number of ether oxygens (including phenoxy) is 3. The zero-order chi connectivity index (χ0) is 27.7. The van der Waals surface area contributed by atoms with Gasteiger partial charge in [0, 0.05) is 19.4 Å². The molecule has 2 aliphatic heterocycles. The van der Waals surface area contributed by atoms with Crippen LogP contribution in [0.1, 0.15) is 47.0 Å². The summed E-state index contributed by atoms with van der Waals surface area (Å²) in [5.74, 6) is -1.24. The number of aliphatic hydroxyl groups excluding tert-OH is 1. The van der Waals surface area contributed by atoms with E-state index >= 15 is 0 Å². The van der Waals surface area contributed by atoms with Gasteiger partial charge in [-0.15, -0.1) is 0 Å². The predicted octanol–water partition coefficient (Wildman–Crippen LogP) is 0.429. The number of aromatic amines is 1. The number of benzene rings is 1. The molecule has 1 aromatic carbocycles. The number of hydrogen-bond acceptors (Lipinski definition) is 12. The fraction of sp³-hybridized carbons (Fsp3) is 0.333. The van der Waals surface area contributed by atoms with Gasteiger partial charge in [0.2, 0.25) is 12.2 Å². The first kappa shape index (κ1) is 24.6. The van der Waals surface area contributed by atoms with Crippen LogP contribution in [0.2, 0.25) is 0 Å². The Kier molecular flexibility index (Phi) is 5.44. The van der Waals surface area contributed by atoms with E-state index in [4.69, 9.17) is 34.3 Å². The minimum absolute atomic E-state index is 0.0307. The van der Waals surface area contributed by atoms with E-state index in [1.54, 1.807) is 6.07 Å². The number of nitrogens with two attached hydrogens (primary N) is 1. The molecule has 5 N–H and O–H groups in total. The third-order valence-corrected chi connectivity index (χ3v) is 6.88. The molecule has 4 atom stereocenters.